The SMILES string of the molecule is C/C=C\COc1ccc(C)cc1F.C/C=C\COc1ccc(C)cc1F.C/C=C\COc1ccc(C)cc1F.C/C=C\COc1ccc(C)cc1F.CC/C=C\COc1ccc(C)cc1F.CC/C=C\COc1ccc(C)cc1F.CC/C=C\COc1ccc(C)cc1F.CC/C=C\COc1ccc(C)cc1F. The smallest absolute Gasteiger partial charge is 0.165 e. The lowest BCUT2D eigenvalue weighted by atomic mass is 10.2. The van der Waals surface area contributed by atoms with Gasteiger partial charge in [0.1, 0.15) is 52.9 Å². The minimum absolute atomic E-state index is 0.296. The van der Waals surface area contributed by atoms with E-state index in [-0.39, 0.29) is 46.5 Å². The van der Waals surface area contributed by atoms with Gasteiger partial charge in [-0.15, -0.1) is 0 Å². The van der Waals surface area contributed by atoms with E-state index in [2.05, 4.69) is 0 Å². The van der Waals surface area contributed by atoms with Crippen LogP contribution in [-0.4, -0.2) is 52.9 Å². The van der Waals surface area contributed by atoms with E-state index in [1.54, 1.807) is 48.5 Å². The Hall–Kier alpha value is -10.5. The Morgan fingerprint density at radius 3 is 0.417 bits per heavy atom. The summed E-state index contributed by atoms with van der Waals surface area (Å²) in [7, 11) is 0. The first-order chi connectivity index (χ1) is 51.9. The zero-order valence-corrected chi connectivity index (χ0v) is 65.9. The molecule has 0 saturated carbocycles. The molecule has 8 rings (SSSR count). The average Bonchev–Trinajstić information content (AvgIpc) is 0.959. The third-order valence-corrected chi connectivity index (χ3v) is 13.9. The number of hydrogen-bond donors (Lipinski definition) is 0. The first-order valence-electron chi connectivity index (χ1n) is 36.1. The predicted octanol–water partition coefficient (Wildman–Crippen LogP) is 26.3. The van der Waals surface area contributed by atoms with E-state index < -0.39 is 0 Å². The quantitative estimate of drug-likeness (QED) is 0.0355. The van der Waals surface area contributed by atoms with Gasteiger partial charge < -0.3 is 37.9 Å². The summed E-state index contributed by atoms with van der Waals surface area (Å²) in [6, 6.07) is 39.6. The van der Waals surface area contributed by atoms with Crippen molar-refractivity contribution in [2.24, 2.45) is 0 Å². The lowest BCUT2D eigenvalue weighted by Crippen LogP contribution is -1.96. The summed E-state index contributed by atoms with van der Waals surface area (Å²) in [5.41, 5.74) is 7.20. The molecule has 8 nitrogen and oxygen atoms in total. The van der Waals surface area contributed by atoms with Gasteiger partial charge in [0.25, 0.3) is 0 Å². The van der Waals surface area contributed by atoms with Crippen LogP contribution in [0.15, 0.2) is 243 Å². The van der Waals surface area contributed by atoms with Gasteiger partial charge in [-0.1, -0.05) is 173 Å². The highest BCUT2D eigenvalue weighted by Crippen LogP contribution is 2.24. The van der Waals surface area contributed by atoms with Crippen molar-refractivity contribution in [3.8, 4) is 46.0 Å². The maximum absolute atomic E-state index is 13.2. The Morgan fingerprint density at radius 1 is 0.194 bits per heavy atom. The first-order valence-corrected chi connectivity index (χ1v) is 36.1. The van der Waals surface area contributed by atoms with Gasteiger partial charge in [0, 0.05) is 0 Å². The second-order valence-corrected chi connectivity index (χ2v) is 23.8. The highest BCUT2D eigenvalue weighted by atomic mass is 19.2. The van der Waals surface area contributed by atoms with E-state index in [0.717, 1.165) is 70.2 Å². The zero-order valence-electron chi connectivity index (χ0n) is 65.9. The van der Waals surface area contributed by atoms with Crippen molar-refractivity contribution in [3.63, 3.8) is 0 Å². The molecule has 0 spiro atoms. The fourth-order valence-electron chi connectivity index (χ4n) is 8.21. The highest BCUT2D eigenvalue weighted by molar-refractivity contribution is 5.34. The monoisotopic (exact) mass is 1500 g/mol. The molecule has 16 heteroatoms. The molecule has 0 aliphatic rings. The molecule has 0 fully saturated rings. The summed E-state index contributed by atoms with van der Waals surface area (Å²) in [5, 5.41) is 0. The van der Waals surface area contributed by atoms with Crippen LogP contribution in [0.25, 0.3) is 0 Å². The lowest BCUT2D eigenvalue weighted by Gasteiger charge is -2.04. The molecule has 0 atom stereocenters. The molecule has 0 aliphatic heterocycles. The van der Waals surface area contributed by atoms with Crippen LogP contribution in [0.4, 0.5) is 35.1 Å². The third kappa shape index (κ3) is 45.1. The molecule has 0 unspecified atom stereocenters. The number of aryl methyl sites for hydroxylation is 8. The topological polar surface area (TPSA) is 73.8 Å². The van der Waals surface area contributed by atoms with Gasteiger partial charge in [-0.05, 0) is 250 Å². The number of ether oxygens (including phenoxy) is 8. The van der Waals surface area contributed by atoms with Crippen LogP contribution in [0, 0.1) is 102 Å². The Bertz CT molecular complexity index is 3520. The molecular formula is C92H112F8O8. The minimum atomic E-state index is -0.301. The summed E-state index contributed by atoms with van der Waals surface area (Å²) in [5.74, 6) is 0.109. The van der Waals surface area contributed by atoms with Crippen molar-refractivity contribution >= 4 is 0 Å². The van der Waals surface area contributed by atoms with E-state index in [1.807, 2.05) is 257 Å². The van der Waals surface area contributed by atoms with E-state index >= 15 is 0 Å². The summed E-state index contributed by atoms with van der Waals surface area (Å²) in [6.07, 6.45) is 34.2. The molecule has 0 aromatic heterocycles. The van der Waals surface area contributed by atoms with E-state index in [9.17, 15) is 35.1 Å². The van der Waals surface area contributed by atoms with Crippen molar-refractivity contribution in [2.45, 2.75) is 136 Å². The van der Waals surface area contributed by atoms with Gasteiger partial charge in [0.15, 0.2) is 92.5 Å². The molecule has 8 aromatic rings. The summed E-state index contributed by atoms with van der Waals surface area (Å²) >= 11 is 0. The van der Waals surface area contributed by atoms with Crippen LogP contribution >= 0.6 is 0 Å². The van der Waals surface area contributed by atoms with Crippen LogP contribution in [0.2, 0.25) is 0 Å². The van der Waals surface area contributed by atoms with Crippen molar-refractivity contribution in [2.75, 3.05) is 52.9 Å². The van der Waals surface area contributed by atoms with Gasteiger partial charge >= 0.3 is 0 Å². The molecular weight excluding hydrogens is 1380 g/mol. The standard InChI is InChI=1S/4C12H15FO.4C11H13FO/c4*1-3-4-5-8-14-12-7-6-10(2)9-11(12)13;4*1-3-4-7-13-11-6-5-9(2)8-10(11)12/h4*4-7,9H,3,8H2,1-2H3;4*3-6,8H,7H2,1-2H3/b4*5-4-;4*4-3-. The fraction of sp³-hybridized carbons (Fsp3) is 0.304. The first kappa shape index (κ1) is 95.5. The molecule has 0 bridgehead atoms. The summed E-state index contributed by atoms with van der Waals surface area (Å²) in [4.78, 5) is 0. The van der Waals surface area contributed by atoms with Crippen molar-refractivity contribution < 1.29 is 73.0 Å². The maximum atomic E-state index is 13.2. The van der Waals surface area contributed by atoms with Gasteiger partial charge in [0.2, 0.25) is 0 Å². The van der Waals surface area contributed by atoms with E-state index in [0.29, 0.717) is 98.9 Å². The van der Waals surface area contributed by atoms with E-state index in [4.69, 9.17) is 37.9 Å². The molecule has 0 heterocycles. The van der Waals surface area contributed by atoms with Crippen LogP contribution < -0.4 is 37.9 Å². The number of rotatable bonds is 28. The Kier molecular flexibility index (Phi) is 52.8. The van der Waals surface area contributed by atoms with Gasteiger partial charge in [-0.3, -0.25) is 0 Å². The maximum Gasteiger partial charge on any atom is 0.165 e. The van der Waals surface area contributed by atoms with Crippen molar-refractivity contribution in [1.29, 1.82) is 0 Å². The normalized spacial score (nSPS) is 10.7. The largest absolute Gasteiger partial charge is 0.486 e. The Balaban J connectivity index is 0.000000617. The van der Waals surface area contributed by atoms with Crippen LogP contribution in [0.5, 0.6) is 46.0 Å². The average molecular weight is 1500 g/mol. The second-order valence-electron chi connectivity index (χ2n) is 23.8. The van der Waals surface area contributed by atoms with Crippen LogP contribution in [0.1, 0.15) is 126 Å². The summed E-state index contributed by atoms with van der Waals surface area (Å²) in [6.45, 7) is 33.9. The molecule has 0 N–H and O–H groups in total. The van der Waals surface area contributed by atoms with Gasteiger partial charge in [-0.2, -0.15) is 0 Å². The molecule has 584 valence electrons. The van der Waals surface area contributed by atoms with Crippen LogP contribution in [0.3, 0.4) is 0 Å². The van der Waals surface area contributed by atoms with Crippen molar-refractivity contribution in [1.82, 2.24) is 0 Å². The molecule has 0 amide bonds. The number of halogens is 8. The molecule has 108 heavy (non-hydrogen) atoms. The number of allylic oxidation sites excluding steroid dienone is 8. The summed E-state index contributed by atoms with van der Waals surface area (Å²) < 4.78 is 147. The molecule has 0 radical (unpaired) electrons. The van der Waals surface area contributed by atoms with Crippen LogP contribution in [-0.2, 0) is 0 Å². The predicted molar refractivity (Wildman–Crippen MR) is 430 cm³/mol. The molecule has 8 aromatic carbocycles. The highest BCUT2D eigenvalue weighted by Gasteiger charge is 2.08. The fourth-order valence-corrected chi connectivity index (χ4v) is 8.21. The minimum Gasteiger partial charge on any atom is -0.486 e. The van der Waals surface area contributed by atoms with Gasteiger partial charge in [-0.25, -0.2) is 35.1 Å². The lowest BCUT2D eigenvalue weighted by molar-refractivity contribution is 0.341. The second kappa shape index (κ2) is 59.6. The molecule has 0 aliphatic carbocycles. The Morgan fingerprint density at radius 2 is 0.315 bits per heavy atom. The van der Waals surface area contributed by atoms with E-state index in [1.165, 1.54) is 48.5 Å². The number of hydrogen-bond acceptors (Lipinski definition) is 8. The third-order valence-electron chi connectivity index (χ3n) is 13.9. The number of benzene rings is 8. The Labute approximate surface area is 639 Å². The van der Waals surface area contributed by atoms with Crippen molar-refractivity contribution in [3.05, 3.63) is 334 Å². The van der Waals surface area contributed by atoms with Gasteiger partial charge in [0.05, 0.1) is 0 Å². The molecule has 0 saturated heterocycles. The zero-order chi connectivity index (χ0) is 80.3.